The zero-order valence-electron chi connectivity index (χ0n) is 12.8. The summed E-state index contributed by atoms with van der Waals surface area (Å²) in [5.74, 6) is 0.170. The Balaban J connectivity index is 3.09. The molecule has 0 amide bonds. The van der Waals surface area contributed by atoms with E-state index in [1.54, 1.807) is 0 Å². The molecule has 124 valence electrons. The van der Waals surface area contributed by atoms with Gasteiger partial charge in [-0.1, -0.05) is 13.8 Å². The van der Waals surface area contributed by atoms with Crippen molar-refractivity contribution < 1.29 is 18.1 Å². The van der Waals surface area contributed by atoms with Crippen LogP contribution in [0.5, 0.6) is 5.75 Å². The van der Waals surface area contributed by atoms with E-state index in [0.29, 0.717) is 6.42 Å². The molecule has 0 fully saturated rings. The average Bonchev–Trinajstić information content (AvgIpc) is 2.44. The number of ether oxygens (including phenoxy) is 1. The smallest absolute Gasteiger partial charge is 0.310 e. The minimum Gasteiger partial charge on any atom is -0.490 e. The van der Waals surface area contributed by atoms with Gasteiger partial charge in [0.05, 0.1) is 16.9 Å². The molecule has 1 aromatic rings. The molecular weight excluding hydrogens is 310 g/mol. The van der Waals surface area contributed by atoms with E-state index in [9.17, 15) is 18.5 Å². The molecular formula is C13H21N3O5S. The number of nitrogens with two attached hydrogens (primary N) is 1. The van der Waals surface area contributed by atoms with Crippen LogP contribution in [-0.2, 0) is 10.0 Å². The predicted molar refractivity (Wildman–Crippen MR) is 82.3 cm³/mol. The van der Waals surface area contributed by atoms with Crippen LogP contribution in [0.4, 0.5) is 5.69 Å². The minimum atomic E-state index is -3.82. The van der Waals surface area contributed by atoms with Crippen LogP contribution in [0.15, 0.2) is 23.1 Å². The summed E-state index contributed by atoms with van der Waals surface area (Å²) in [4.78, 5) is 10.1. The number of nitrogens with zero attached hydrogens (tertiary/aromatic N) is 1. The first-order valence-electron chi connectivity index (χ1n) is 6.76. The number of methoxy groups -OCH3 is 1. The normalized spacial score (nSPS) is 13.1. The first-order valence-corrected chi connectivity index (χ1v) is 8.24. The van der Waals surface area contributed by atoms with Gasteiger partial charge < -0.3 is 10.5 Å². The lowest BCUT2D eigenvalue weighted by molar-refractivity contribution is -0.385. The van der Waals surface area contributed by atoms with Crippen LogP contribution in [0, 0.1) is 16.0 Å². The van der Waals surface area contributed by atoms with E-state index < -0.39 is 21.0 Å². The maximum Gasteiger partial charge on any atom is 0.310 e. The van der Waals surface area contributed by atoms with Gasteiger partial charge in [-0.05, 0) is 18.4 Å². The van der Waals surface area contributed by atoms with Gasteiger partial charge in [0, 0.05) is 24.7 Å². The lowest BCUT2D eigenvalue weighted by atomic mass is 10.1. The first-order chi connectivity index (χ1) is 10.2. The van der Waals surface area contributed by atoms with E-state index in [2.05, 4.69) is 4.72 Å². The third-order valence-electron chi connectivity index (χ3n) is 3.02. The van der Waals surface area contributed by atoms with E-state index in [-0.39, 0.29) is 28.8 Å². The van der Waals surface area contributed by atoms with Gasteiger partial charge in [0.15, 0.2) is 5.75 Å². The lowest BCUT2D eigenvalue weighted by Crippen LogP contribution is -2.40. The maximum absolute atomic E-state index is 12.3. The molecule has 1 unspecified atom stereocenters. The Hall–Kier alpha value is -1.71. The second-order valence-corrected chi connectivity index (χ2v) is 6.99. The Morgan fingerprint density at radius 1 is 1.41 bits per heavy atom. The topological polar surface area (TPSA) is 125 Å². The first kappa shape index (κ1) is 18.3. The summed E-state index contributed by atoms with van der Waals surface area (Å²) in [7, 11) is -2.58. The van der Waals surface area contributed by atoms with Gasteiger partial charge in [-0.25, -0.2) is 13.1 Å². The molecule has 0 aromatic heterocycles. The monoisotopic (exact) mass is 331 g/mol. The van der Waals surface area contributed by atoms with E-state index in [1.807, 2.05) is 13.8 Å². The molecule has 0 aliphatic heterocycles. The average molecular weight is 331 g/mol. The number of nitro benzene ring substituents is 1. The fourth-order valence-electron chi connectivity index (χ4n) is 2.02. The van der Waals surface area contributed by atoms with Crippen LogP contribution in [-0.4, -0.2) is 33.0 Å². The number of hydrogen-bond acceptors (Lipinski definition) is 6. The Morgan fingerprint density at radius 3 is 2.50 bits per heavy atom. The lowest BCUT2D eigenvalue weighted by Gasteiger charge is -2.19. The second kappa shape index (κ2) is 7.52. The van der Waals surface area contributed by atoms with Crippen LogP contribution >= 0.6 is 0 Å². The Morgan fingerprint density at radius 2 is 2.05 bits per heavy atom. The van der Waals surface area contributed by atoms with Crippen molar-refractivity contribution in [3.05, 3.63) is 28.3 Å². The van der Waals surface area contributed by atoms with Crippen molar-refractivity contribution in [2.75, 3.05) is 13.7 Å². The molecule has 9 heteroatoms. The van der Waals surface area contributed by atoms with Crippen molar-refractivity contribution in [1.82, 2.24) is 4.72 Å². The van der Waals surface area contributed by atoms with Gasteiger partial charge in [-0.15, -0.1) is 0 Å². The van der Waals surface area contributed by atoms with Crippen LogP contribution in [0.1, 0.15) is 20.3 Å². The fraction of sp³-hybridized carbons (Fsp3) is 0.538. The summed E-state index contributed by atoms with van der Waals surface area (Å²) in [5, 5.41) is 10.8. The second-order valence-electron chi connectivity index (χ2n) is 5.27. The summed E-state index contributed by atoms with van der Waals surface area (Å²) in [6.45, 7) is 4.10. The highest BCUT2D eigenvalue weighted by molar-refractivity contribution is 7.89. The van der Waals surface area contributed by atoms with Crippen LogP contribution in [0.25, 0.3) is 0 Å². The highest BCUT2D eigenvalue weighted by atomic mass is 32.2. The van der Waals surface area contributed by atoms with E-state index in [0.717, 1.165) is 12.1 Å². The zero-order chi connectivity index (χ0) is 16.9. The van der Waals surface area contributed by atoms with Gasteiger partial charge >= 0.3 is 5.69 Å². The molecule has 1 rings (SSSR count). The number of rotatable bonds is 8. The van der Waals surface area contributed by atoms with Crippen LogP contribution in [0.3, 0.4) is 0 Å². The molecule has 3 N–H and O–H groups in total. The standard InChI is InChI=1S/C13H21N3O5S/c1-9(2)6-10(8-14)15-22(19,20)11-4-5-12(16(17)18)13(7-11)21-3/h4-5,7,9-10,15H,6,8,14H2,1-3H3. The summed E-state index contributed by atoms with van der Waals surface area (Å²) >= 11 is 0. The third-order valence-corrected chi connectivity index (χ3v) is 4.54. The van der Waals surface area contributed by atoms with Crippen molar-refractivity contribution in [3.8, 4) is 5.75 Å². The molecule has 0 bridgehead atoms. The van der Waals surface area contributed by atoms with Crippen molar-refractivity contribution >= 4 is 15.7 Å². The van der Waals surface area contributed by atoms with E-state index in [1.165, 1.54) is 13.2 Å². The molecule has 0 saturated heterocycles. The number of nitro groups is 1. The minimum absolute atomic E-state index is 0.0999. The van der Waals surface area contributed by atoms with Crippen molar-refractivity contribution in [1.29, 1.82) is 0 Å². The molecule has 8 nitrogen and oxygen atoms in total. The van der Waals surface area contributed by atoms with Gasteiger partial charge in [0.2, 0.25) is 10.0 Å². The third kappa shape index (κ3) is 4.65. The summed E-state index contributed by atoms with van der Waals surface area (Å²) in [5.41, 5.74) is 5.29. The van der Waals surface area contributed by atoms with Crippen molar-refractivity contribution in [2.45, 2.75) is 31.2 Å². The number of nitrogens with one attached hydrogen (secondary N) is 1. The quantitative estimate of drug-likeness (QED) is 0.545. The molecule has 1 atom stereocenters. The molecule has 0 spiro atoms. The van der Waals surface area contributed by atoms with Crippen molar-refractivity contribution in [3.63, 3.8) is 0 Å². The number of hydrogen-bond donors (Lipinski definition) is 2. The fourth-order valence-corrected chi connectivity index (χ4v) is 3.30. The van der Waals surface area contributed by atoms with Crippen molar-refractivity contribution in [2.24, 2.45) is 11.7 Å². The summed E-state index contributed by atoms with van der Waals surface area (Å²) in [6, 6.07) is 3.01. The van der Waals surface area contributed by atoms with E-state index in [4.69, 9.17) is 10.5 Å². The Bertz CT molecular complexity index is 631. The molecule has 0 aliphatic carbocycles. The van der Waals surface area contributed by atoms with Crippen LogP contribution in [0.2, 0.25) is 0 Å². The maximum atomic E-state index is 12.3. The molecule has 22 heavy (non-hydrogen) atoms. The SMILES string of the molecule is COc1cc(S(=O)(=O)NC(CN)CC(C)C)ccc1[N+](=O)[O-]. The number of benzene rings is 1. The zero-order valence-corrected chi connectivity index (χ0v) is 13.6. The summed E-state index contributed by atoms with van der Waals surface area (Å²) in [6.07, 6.45) is 0.597. The van der Waals surface area contributed by atoms with Gasteiger partial charge in [-0.3, -0.25) is 10.1 Å². The molecule has 0 saturated carbocycles. The van der Waals surface area contributed by atoms with Gasteiger partial charge in [0.25, 0.3) is 0 Å². The number of sulfonamides is 1. The molecule has 0 radical (unpaired) electrons. The summed E-state index contributed by atoms with van der Waals surface area (Å²) < 4.78 is 32.1. The van der Waals surface area contributed by atoms with Crippen LogP contribution < -0.4 is 15.2 Å². The molecule has 1 aromatic carbocycles. The highest BCUT2D eigenvalue weighted by Crippen LogP contribution is 2.29. The highest BCUT2D eigenvalue weighted by Gasteiger charge is 2.23. The van der Waals surface area contributed by atoms with Gasteiger partial charge in [-0.2, -0.15) is 0 Å². The molecule has 0 heterocycles. The van der Waals surface area contributed by atoms with E-state index >= 15 is 0 Å². The largest absolute Gasteiger partial charge is 0.490 e. The Kier molecular flexibility index (Phi) is 6.27. The predicted octanol–water partition coefficient (Wildman–Crippen LogP) is 1.26. The molecule has 0 aliphatic rings. The Labute approximate surface area is 129 Å². The van der Waals surface area contributed by atoms with Gasteiger partial charge in [0.1, 0.15) is 0 Å².